The average Bonchev–Trinajstić information content (AvgIpc) is 2.85. The highest BCUT2D eigenvalue weighted by Crippen LogP contribution is 2.42. The summed E-state index contributed by atoms with van der Waals surface area (Å²) < 4.78 is 0. The third kappa shape index (κ3) is 3.20. The highest BCUT2D eigenvalue weighted by molar-refractivity contribution is 8.00. The number of halogens is 1. The van der Waals surface area contributed by atoms with Crippen LogP contribution in [0.4, 0.5) is 0 Å². The number of carbonyl (C=O) groups is 1. The van der Waals surface area contributed by atoms with Gasteiger partial charge in [0.05, 0.1) is 5.39 Å². The van der Waals surface area contributed by atoms with Crippen LogP contribution in [0.25, 0.3) is 21.3 Å². The van der Waals surface area contributed by atoms with Crippen molar-refractivity contribution >= 4 is 50.9 Å². The molecule has 2 heterocycles. The first-order valence-electron chi connectivity index (χ1n) is 6.87. The lowest BCUT2D eigenvalue weighted by molar-refractivity contribution is -0.136. The number of hydrogen-bond donors (Lipinski definition) is 1. The fourth-order valence-electron chi connectivity index (χ4n) is 2.29. The molecular formula is C16H13ClN2O2S2. The Balaban J connectivity index is 2.19. The predicted molar refractivity (Wildman–Crippen MR) is 95.6 cm³/mol. The van der Waals surface area contributed by atoms with Gasteiger partial charge in [0.25, 0.3) is 0 Å². The van der Waals surface area contributed by atoms with E-state index < -0.39 is 11.2 Å². The van der Waals surface area contributed by atoms with Gasteiger partial charge in [-0.2, -0.15) is 0 Å². The summed E-state index contributed by atoms with van der Waals surface area (Å²) in [6.45, 7) is 3.69. The van der Waals surface area contributed by atoms with Crippen molar-refractivity contribution in [3.05, 3.63) is 40.5 Å². The summed E-state index contributed by atoms with van der Waals surface area (Å²) in [7, 11) is 0. The Morgan fingerprint density at radius 2 is 2.00 bits per heavy atom. The van der Waals surface area contributed by atoms with Crippen molar-refractivity contribution in [1.29, 1.82) is 0 Å². The number of aromatic nitrogens is 2. The van der Waals surface area contributed by atoms with Gasteiger partial charge in [0, 0.05) is 15.5 Å². The number of carboxylic acids is 1. The van der Waals surface area contributed by atoms with E-state index >= 15 is 0 Å². The van der Waals surface area contributed by atoms with Crippen LogP contribution in [-0.4, -0.2) is 26.3 Å². The molecule has 0 aliphatic heterocycles. The van der Waals surface area contributed by atoms with Gasteiger partial charge in [-0.15, -0.1) is 11.3 Å². The molecule has 23 heavy (non-hydrogen) atoms. The maximum Gasteiger partial charge on any atom is 0.316 e. The van der Waals surface area contributed by atoms with Crippen LogP contribution in [0.1, 0.15) is 11.8 Å². The lowest BCUT2D eigenvalue weighted by Crippen LogP contribution is -2.11. The zero-order valence-electron chi connectivity index (χ0n) is 12.4. The molecule has 7 heteroatoms. The van der Waals surface area contributed by atoms with Crippen molar-refractivity contribution in [3.8, 4) is 11.1 Å². The van der Waals surface area contributed by atoms with Gasteiger partial charge in [0.1, 0.15) is 21.4 Å². The predicted octanol–water partition coefficient (Wildman–Crippen LogP) is 4.89. The quantitative estimate of drug-likeness (QED) is 0.527. The summed E-state index contributed by atoms with van der Waals surface area (Å²) >= 11 is 8.79. The van der Waals surface area contributed by atoms with Gasteiger partial charge in [-0.3, -0.25) is 4.79 Å². The Labute approximate surface area is 146 Å². The van der Waals surface area contributed by atoms with E-state index in [4.69, 9.17) is 16.7 Å². The van der Waals surface area contributed by atoms with Gasteiger partial charge < -0.3 is 5.11 Å². The number of thioether (sulfide) groups is 1. The number of benzene rings is 1. The third-order valence-corrected chi connectivity index (χ3v) is 5.75. The van der Waals surface area contributed by atoms with E-state index in [2.05, 4.69) is 9.97 Å². The first-order chi connectivity index (χ1) is 11.0. The Hall–Kier alpha value is -1.63. The largest absolute Gasteiger partial charge is 0.480 e. The van der Waals surface area contributed by atoms with Crippen LogP contribution in [0.3, 0.4) is 0 Å². The fraction of sp³-hybridized carbons (Fsp3) is 0.188. The summed E-state index contributed by atoms with van der Waals surface area (Å²) in [5.41, 5.74) is 2.07. The first kappa shape index (κ1) is 16.2. The molecule has 1 unspecified atom stereocenters. The summed E-state index contributed by atoms with van der Waals surface area (Å²) in [6.07, 6.45) is 1.49. The second kappa shape index (κ2) is 6.47. The average molecular weight is 365 g/mol. The fourth-order valence-corrected chi connectivity index (χ4v) is 4.35. The summed E-state index contributed by atoms with van der Waals surface area (Å²) in [6, 6.07) is 7.60. The molecule has 0 spiro atoms. The molecule has 0 aliphatic rings. The number of aliphatic carboxylic acids is 1. The number of thiophene rings is 1. The van der Waals surface area contributed by atoms with Crippen molar-refractivity contribution in [2.45, 2.75) is 24.1 Å². The summed E-state index contributed by atoms with van der Waals surface area (Å²) in [4.78, 5) is 21.8. The lowest BCUT2D eigenvalue weighted by atomic mass is 10.0. The highest BCUT2D eigenvalue weighted by Gasteiger charge is 2.20. The molecule has 0 radical (unpaired) electrons. The molecule has 3 rings (SSSR count). The number of hydrogen-bond acceptors (Lipinski definition) is 5. The number of carboxylic acid groups (broad SMARTS) is 1. The molecule has 0 amide bonds. The standard InChI is InChI=1S/C16H13ClN2O2S2/c1-8-12(10-3-5-11(17)6-4-10)13-14(22-8)18-7-19-15(13)23-9(2)16(20)21/h3-7,9H,1-2H3,(H,20,21). The minimum Gasteiger partial charge on any atom is -0.480 e. The molecule has 4 nitrogen and oxygen atoms in total. The first-order valence-corrected chi connectivity index (χ1v) is 8.94. The second-order valence-electron chi connectivity index (χ2n) is 5.00. The second-order valence-corrected chi connectivity index (χ2v) is 7.97. The smallest absolute Gasteiger partial charge is 0.316 e. The molecule has 0 fully saturated rings. The lowest BCUT2D eigenvalue weighted by Gasteiger charge is -2.08. The van der Waals surface area contributed by atoms with E-state index in [1.807, 2.05) is 31.2 Å². The van der Waals surface area contributed by atoms with Gasteiger partial charge >= 0.3 is 5.97 Å². The summed E-state index contributed by atoms with van der Waals surface area (Å²) in [5.74, 6) is -0.859. The molecule has 0 saturated heterocycles. The number of rotatable bonds is 4. The SMILES string of the molecule is Cc1sc2ncnc(SC(C)C(=O)O)c2c1-c1ccc(Cl)cc1. The van der Waals surface area contributed by atoms with E-state index in [1.54, 1.807) is 18.3 Å². The van der Waals surface area contributed by atoms with Crippen molar-refractivity contribution < 1.29 is 9.90 Å². The zero-order chi connectivity index (χ0) is 16.6. The molecule has 0 bridgehead atoms. The van der Waals surface area contributed by atoms with Crippen LogP contribution < -0.4 is 0 Å². The summed E-state index contributed by atoms with van der Waals surface area (Å²) in [5, 5.41) is 10.9. The Morgan fingerprint density at radius 1 is 1.30 bits per heavy atom. The van der Waals surface area contributed by atoms with Crippen LogP contribution in [0.2, 0.25) is 5.02 Å². The van der Waals surface area contributed by atoms with Gasteiger partial charge in [-0.05, 0) is 31.5 Å². The number of fused-ring (bicyclic) bond motifs is 1. The maximum absolute atomic E-state index is 11.2. The minimum absolute atomic E-state index is 0.577. The molecule has 3 aromatic rings. The van der Waals surface area contributed by atoms with Gasteiger partial charge in [0.2, 0.25) is 0 Å². The van der Waals surface area contributed by atoms with Crippen molar-refractivity contribution in [1.82, 2.24) is 9.97 Å². The Morgan fingerprint density at radius 3 is 2.65 bits per heavy atom. The molecule has 1 aromatic carbocycles. The van der Waals surface area contributed by atoms with E-state index in [1.165, 1.54) is 18.1 Å². The van der Waals surface area contributed by atoms with Crippen LogP contribution in [-0.2, 0) is 4.79 Å². The number of aryl methyl sites for hydroxylation is 1. The topological polar surface area (TPSA) is 63.1 Å². The van der Waals surface area contributed by atoms with Crippen LogP contribution >= 0.6 is 34.7 Å². The molecule has 118 valence electrons. The molecular weight excluding hydrogens is 352 g/mol. The van der Waals surface area contributed by atoms with E-state index in [9.17, 15) is 4.79 Å². The van der Waals surface area contributed by atoms with Crippen molar-refractivity contribution in [2.75, 3.05) is 0 Å². The molecule has 0 saturated carbocycles. The molecule has 2 aromatic heterocycles. The van der Waals surface area contributed by atoms with E-state index in [0.29, 0.717) is 10.0 Å². The normalized spacial score (nSPS) is 12.5. The molecule has 1 N–H and O–H groups in total. The van der Waals surface area contributed by atoms with Crippen molar-refractivity contribution in [2.24, 2.45) is 0 Å². The van der Waals surface area contributed by atoms with Crippen LogP contribution in [0, 0.1) is 6.92 Å². The van der Waals surface area contributed by atoms with Crippen molar-refractivity contribution in [3.63, 3.8) is 0 Å². The zero-order valence-corrected chi connectivity index (χ0v) is 14.8. The van der Waals surface area contributed by atoms with Gasteiger partial charge in [0.15, 0.2) is 0 Å². The Kier molecular flexibility index (Phi) is 4.57. The molecule has 0 aliphatic carbocycles. The van der Waals surface area contributed by atoms with Crippen LogP contribution in [0.15, 0.2) is 35.6 Å². The monoisotopic (exact) mass is 364 g/mol. The van der Waals surface area contributed by atoms with E-state index in [0.717, 1.165) is 26.2 Å². The Bertz CT molecular complexity index is 878. The van der Waals surface area contributed by atoms with Crippen LogP contribution in [0.5, 0.6) is 0 Å². The minimum atomic E-state index is -0.859. The van der Waals surface area contributed by atoms with E-state index in [-0.39, 0.29) is 0 Å². The third-order valence-electron chi connectivity index (χ3n) is 3.40. The van der Waals surface area contributed by atoms with Gasteiger partial charge in [-0.1, -0.05) is 35.5 Å². The highest BCUT2D eigenvalue weighted by atomic mass is 35.5. The molecule has 1 atom stereocenters. The number of nitrogens with zero attached hydrogens (tertiary/aromatic N) is 2. The maximum atomic E-state index is 11.2. The van der Waals surface area contributed by atoms with Gasteiger partial charge in [-0.25, -0.2) is 9.97 Å².